The van der Waals surface area contributed by atoms with E-state index in [1.165, 1.54) is 16.2 Å². The Morgan fingerprint density at radius 1 is 1.40 bits per heavy atom. The maximum atomic E-state index is 12.6. The second kappa shape index (κ2) is 7.37. The van der Waals surface area contributed by atoms with Crippen molar-refractivity contribution in [2.45, 2.75) is 49.1 Å². The molecule has 1 amide bonds. The van der Waals surface area contributed by atoms with Gasteiger partial charge < -0.3 is 20.4 Å². The van der Waals surface area contributed by atoms with Gasteiger partial charge in [0, 0.05) is 22.9 Å². The first-order valence-corrected chi connectivity index (χ1v) is 11.9. The number of hydrogen-bond donors (Lipinski definition) is 3. The molecule has 0 aliphatic carbocycles. The number of aliphatic hydroxyl groups is 1. The smallest absolute Gasteiger partial charge is 0.352 e. The molecule has 0 saturated carbocycles. The predicted octanol–water partition coefficient (Wildman–Crippen LogP) is 1.89. The van der Waals surface area contributed by atoms with Crippen molar-refractivity contribution in [3.05, 3.63) is 23.1 Å². The lowest BCUT2D eigenvalue weighted by molar-refractivity contribution is -0.163. The SMILES string of the molecule is C[C@@H](O)[C@H]1C(=O)N2C(C(=O)O)=C(c3cn4cnc(SC5CCNCC5)c4s3)[C@H](C)[C@H]12. The van der Waals surface area contributed by atoms with Crippen molar-refractivity contribution in [3.63, 3.8) is 0 Å². The summed E-state index contributed by atoms with van der Waals surface area (Å²) in [5.41, 5.74) is 0.731. The molecular weight excluding hydrogens is 424 g/mol. The average Bonchev–Trinajstić information content (AvgIpc) is 3.33. The van der Waals surface area contributed by atoms with Crippen LogP contribution in [0.1, 0.15) is 31.6 Å². The van der Waals surface area contributed by atoms with Gasteiger partial charge in [0.15, 0.2) is 0 Å². The van der Waals surface area contributed by atoms with Crippen molar-refractivity contribution in [3.8, 4) is 0 Å². The number of piperidine rings is 1. The van der Waals surface area contributed by atoms with E-state index in [0.29, 0.717) is 10.8 Å². The van der Waals surface area contributed by atoms with Gasteiger partial charge in [0.25, 0.3) is 0 Å². The third-order valence-corrected chi connectivity index (χ3v) is 8.98. The van der Waals surface area contributed by atoms with Gasteiger partial charge in [-0.15, -0.1) is 11.3 Å². The molecule has 4 atom stereocenters. The second-order valence-electron chi connectivity index (χ2n) is 8.25. The predicted molar refractivity (Wildman–Crippen MR) is 114 cm³/mol. The minimum Gasteiger partial charge on any atom is -0.477 e. The van der Waals surface area contributed by atoms with E-state index in [-0.39, 0.29) is 23.6 Å². The number of carboxylic acid groups (broad SMARTS) is 1. The lowest BCUT2D eigenvalue weighted by Crippen LogP contribution is -2.63. The summed E-state index contributed by atoms with van der Waals surface area (Å²) in [5, 5.41) is 24.8. The number of fused-ring (bicyclic) bond motifs is 2. The number of carbonyl (C=O) groups is 2. The van der Waals surface area contributed by atoms with Gasteiger partial charge in [0.05, 0.1) is 22.9 Å². The second-order valence-corrected chi connectivity index (χ2v) is 10.6. The summed E-state index contributed by atoms with van der Waals surface area (Å²) in [6.07, 6.45) is 5.10. The van der Waals surface area contributed by atoms with Crippen LogP contribution in [0, 0.1) is 11.8 Å². The van der Waals surface area contributed by atoms with E-state index < -0.39 is 18.0 Å². The summed E-state index contributed by atoms with van der Waals surface area (Å²) in [5.74, 6) is -2.12. The molecular formula is C20H24N4O4S2. The van der Waals surface area contributed by atoms with Crippen LogP contribution in [-0.4, -0.2) is 66.9 Å². The van der Waals surface area contributed by atoms with Gasteiger partial charge in [-0.05, 0) is 32.9 Å². The number of rotatable bonds is 5. The van der Waals surface area contributed by atoms with Crippen LogP contribution < -0.4 is 5.32 Å². The Labute approximate surface area is 182 Å². The molecule has 2 aromatic rings. The fourth-order valence-corrected chi connectivity index (χ4v) is 7.43. The molecule has 10 heteroatoms. The number of carbonyl (C=O) groups excluding carboxylic acids is 1. The fraction of sp³-hybridized carbons (Fsp3) is 0.550. The summed E-state index contributed by atoms with van der Waals surface area (Å²) in [6, 6.07) is -0.304. The average molecular weight is 449 g/mol. The van der Waals surface area contributed by atoms with E-state index >= 15 is 0 Å². The number of nitrogens with zero attached hydrogens (tertiary/aromatic N) is 3. The molecule has 2 fully saturated rings. The highest BCUT2D eigenvalue weighted by atomic mass is 32.2. The largest absolute Gasteiger partial charge is 0.477 e. The molecule has 2 aromatic heterocycles. The summed E-state index contributed by atoms with van der Waals surface area (Å²) < 4.78 is 1.95. The monoisotopic (exact) mass is 448 g/mol. The third kappa shape index (κ3) is 2.92. The van der Waals surface area contributed by atoms with Crippen molar-refractivity contribution in [1.82, 2.24) is 19.6 Å². The van der Waals surface area contributed by atoms with Crippen molar-refractivity contribution in [2.24, 2.45) is 11.8 Å². The Kier molecular flexibility index (Phi) is 4.92. The lowest BCUT2D eigenvalue weighted by Gasteiger charge is -2.46. The maximum Gasteiger partial charge on any atom is 0.352 e. The first-order chi connectivity index (χ1) is 14.4. The van der Waals surface area contributed by atoms with Crippen LogP contribution in [0.3, 0.4) is 0 Å². The van der Waals surface area contributed by atoms with E-state index in [9.17, 15) is 19.8 Å². The van der Waals surface area contributed by atoms with E-state index in [1.54, 1.807) is 25.0 Å². The molecule has 5 heterocycles. The Bertz CT molecular complexity index is 1050. The molecule has 0 bridgehead atoms. The summed E-state index contributed by atoms with van der Waals surface area (Å²) in [7, 11) is 0. The number of aromatic nitrogens is 2. The van der Waals surface area contributed by atoms with E-state index in [1.807, 2.05) is 17.5 Å². The van der Waals surface area contributed by atoms with Crippen LogP contribution in [0.2, 0.25) is 0 Å². The molecule has 5 rings (SSSR count). The van der Waals surface area contributed by atoms with Crippen LogP contribution in [-0.2, 0) is 9.59 Å². The van der Waals surface area contributed by atoms with Crippen LogP contribution in [0.15, 0.2) is 23.2 Å². The normalized spacial score (nSPS) is 28.2. The van der Waals surface area contributed by atoms with Crippen LogP contribution >= 0.6 is 23.1 Å². The molecule has 3 N–H and O–H groups in total. The molecule has 0 spiro atoms. The number of thioether (sulfide) groups is 1. The van der Waals surface area contributed by atoms with Gasteiger partial charge in [0.1, 0.15) is 21.9 Å². The first kappa shape index (κ1) is 20.0. The van der Waals surface area contributed by atoms with Crippen molar-refractivity contribution in [1.29, 1.82) is 0 Å². The summed E-state index contributed by atoms with van der Waals surface area (Å²) in [6.45, 7) is 5.58. The molecule has 0 aromatic carbocycles. The molecule has 0 unspecified atom stereocenters. The number of imidazole rings is 1. The van der Waals surface area contributed by atoms with Crippen LogP contribution in [0.5, 0.6) is 0 Å². The Morgan fingerprint density at radius 3 is 2.80 bits per heavy atom. The number of carboxylic acids is 1. The maximum absolute atomic E-state index is 12.6. The number of aliphatic hydroxyl groups excluding tert-OH is 1. The number of amides is 1. The highest BCUT2D eigenvalue weighted by Gasteiger charge is 2.60. The molecule has 3 aliphatic rings. The van der Waals surface area contributed by atoms with Crippen LogP contribution in [0.25, 0.3) is 10.4 Å². The molecule has 3 aliphatic heterocycles. The van der Waals surface area contributed by atoms with Gasteiger partial charge in [-0.3, -0.25) is 9.20 Å². The zero-order valence-corrected chi connectivity index (χ0v) is 18.4. The molecule has 0 radical (unpaired) electrons. The first-order valence-electron chi connectivity index (χ1n) is 10.2. The Balaban J connectivity index is 1.51. The third-order valence-electron chi connectivity index (χ3n) is 6.38. The summed E-state index contributed by atoms with van der Waals surface area (Å²) >= 11 is 3.32. The fourth-order valence-electron chi connectivity index (χ4n) is 4.95. The quantitative estimate of drug-likeness (QED) is 0.600. The summed E-state index contributed by atoms with van der Waals surface area (Å²) in [4.78, 5) is 32.4. The number of thiazole rings is 1. The van der Waals surface area contributed by atoms with Gasteiger partial charge in [-0.25, -0.2) is 9.78 Å². The van der Waals surface area contributed by atoms with Gasteiger partial charge in [-0.1, -0.05) is 18.7 Å². The molecule has 30 heavy (non-hydrogen) atoms. The standard InChI is InChI=1S/C20H24N4O4S2/c1-9-13(16(20(27)28)24-15(9)14(10(2)25)18(24)26)12-7-23-8-22-17(19(23)30-12)29-11-3-5-21-6-4-11/h7-11,14-15,21,25H,3-6H2,1-2H3,(H,27,28)/t9-,10+,14+,15+/m0/s1. The highest BCUT2D eigenvalue weighted by Crippen LogP contribution is 2.51. The Hall–Kier alpha value is -1.88. The molecule has 8 nitrogen and oxygen atoms in total. The van der Waals surface area contributed by atoms with Gasteiger partial charge in [-0.2, -0.15) is 0 Å². The van der Waals surface area contributed by atoms with Crippen molar-refractivity contribution >= 4 is 45.4 Å². The molecule has 160 valence electrons. The molecule has 2 saturated heterocycles. The van der Waals surface area contributed by atoms with Crippen molar-refractivity contribution in [2.75, 3.05) is 13.1 Å². The van der Waals surface area contributed by atoms with E-state index in [4.69, 9.17) is 0 Å². The minimum atomic E-state index is -1.10. The van der Waals surface area contributed by atoms with Crippen molar-refractivity contribution < 1.29 is 19.8 Å². The van der Waals surface area contributed by atoms with Gasteiger partial charge >= 0.3 is 5.97 Å². The lowest BCUT2D eigenvalue weighted by atomic mass is 9.77. The number of aliphatic carboxylic acids is 1. The number of nitrogens with one attached hydrogen (secondary N) is 1. The number of β-lactam (4-membered cyclic amide) rings is 1. The van der Waals surface area contributed by atoms with E-state index in [2.05, 4.69) is 10.3 Å². The minimum absolute atomic E-state index is 0.0550. The zero-order valence-electron chi connectivity index (χ0n) is 16.7. The van der Waals surface area contributed by atoms with E-state index in [0.717, 1.165) is 40.7 Å². The number of hydrogen-bond acceptors (Lipinski definition) is 7. The Morgan fingerprint density at radius 2 is 2.13 bits per heavy atom. The highest BCUT2D eigenvalue weighted by molar-refractivity contribution is 8.00. The topological polar surface area (TPSA) is 107 Å². The van der Waals surface area contributed by atoms with Gasteiger partial charge in [0.2, 0.25) is 5.91 Å². The van der Waals surface area contributed by atoms with Crippen LogP contribution in [0.4, 0.5) is 0 Å². The zero-order chi connectivity index (χ0) is 21.2.